The molecule has 0 radical (unpaired) electrons. The zero-order valence-electron chi connectivity index (χ0n) is 29.4. The molecule has 0 aliphatic carbocycles. The highest BCUT2D eigenvalue weighted by atomic mass is 32.1. The molecule has 0 bridgehead atoms. The van der Waals surface area contributed by atoms with Crippen LogP contribution in [0.5, 0.6) is 0 Å². The molecule has 2 aromatic heterocycles. The van der Waals surface area contributed by atoms with Crippen LogP contribution in [0.3, 0.4) is 0 Å². The maximum Gasteiger partial charge on any atom is 0.0535 e. The summed E-state index contributed by atoms with van der Waals surface area (Å²) in [4.78, 5) is 0. The van der Waals surface area contributed by atoms with Crippen LogP contribution in [0.15, 0.2) is 200 Å². The van der Waals surface area contributed by atoms with Crippen LogP contribution < -0.4 is 0 Å². The van der Waals surface area contributed by atoms with Gasteiger partial charge in [0.25, 0.3) is 0 Å². The van der Waals surface area contributed by atoms with Gasteiger partial charge >= 0.3 is 0 Å². The molecule has 54 heavy (non-hydrogen) atoms. The van der Waals surface area contributed by atoms with Crippen molar-refractivity contribution in [2.24, 2.45) is 0 Å². The maximum absolute atomic E-state index is 2.44. The standard InChI is InChI=1S/C52H33NS/c1-3-14-35(15-4-1)47-28-29-48(36-16-5-2-6-17-36)53(47)40-26-27-44-46(33-40)52(38-24-23-34-13-7-8-18-37(34)31-38)43-21-10-9-20-42(43)51(44)39-25-30-50-45(32-39)41-19-11-12-22-49(41)54-50/h1-33H. The summed E-state index contributed by atoms with van der Waals surface area (Å²) in [5.41, 5.74) is 10.8. The predicted octanol–water partition coefficient (Wildman–Crippen LogP) is 15.0. The molecule has 2 heterocycles. The summed E-state index contributed by atoms with van der Waals surface area (Å²) in [6, 6.07) is 73.6. The molecule has 0 unspecified atom stereocenters. The summed E-state index contributed by atoms with van der Waals surface area (Å²) in [6.07, 6.45) is 0. The first-order valence-corrected chi connectivity index (χ1v) is 19.3. The summed E-state index contributed by atoms with van der Waals surface area (Å²) in [5.74, 6) is 0. The van der Waals surface area contributed by atoms with Gasteiger partial charge in [-0.05, 0) is 114 Å². The number of aromatic nitrogens is 1. The molecule has 0 aliphatic heterocycles. The van der Waals surface area contributed by atoms with E-state index in [1.165, 1.54) is 85.9 Å². The van der Waals surface area contributed by atoms with Crippen molar-refractivity contribution in [2.75, 3.05) is 0 Å². The van der Waals surface area contributed by atoms with Gasteiger partial charge in [0.05, 0.1) is 11.4 Å². The number of rotatable bonds is 5. The van der Waals surface area contributed by atoms with Crippen molar-refractivity contribution in [3.8, 4) is 50.5 Å². The van der Waals surface area contributed by atoms with Crippen molar-refractivity contribution < 1.29 is 0 Å². The van der Waals surface area contributed by atoms with Crippen molar-refractivity contribution in [1.29, 1.82) is 0 Å². The van der Waals surface area contributed by atoms with E-state index in [0.29, 0.717) is 0 Å². The van der Waals surface area contributed by atoms with Crippen LogP contribution in [-0.4, -0.2) is 4.57 Å². The van der Waals surface area contributed by atoms with Crippen LogP contribution in [0.25, 0.3) is 103 Å². The van der Waals surface area contributed by atoms with Gasteiger partial charge in [-0.3, -0.25) is 0 Å². The van der Waals surface area contributed by atoms with E-state index >= 15 is 0 Å². The lowest BCUT2D eigenvalue weighted by Gasteiger charge is -2.21. The summed E-state index contributed by atoms with van der Waals surface area (Å²) in [6.45, 7) is 0. The molecule has 252 valence electrons. The van der Waals surface area contributed by atoms with E-state index in [-0.39, 0.29) is 0 Å². The van der Waals surface area contributed by atoms with Gasteiger partial charge in [0.2, 0.25) is 0 Å². The highest BCUT2D eigenvalue weighted by Gasteiger charge is 2.20. The van der Waals surface area contributed by atoms with E-state index in [4.69, 9.17) is 0 Å². The Bertz CT molecular complexity index is 3150. The number of benzene rings is 9. The molecule has 9 aromatic carbocycles. The lowest BCUT2D eigenvalue weighted by Crippen LogP contribution is -2.00. The number of thiophene rings is 1. The van der Waals surface area contributed by atoms with Crippen LogP contribution in [0.1, 0.15) is 0 Å². The van der Waals surface area contributed by atoms with Crippen LogP contribution in [0, 0.1) is 0 Å². The molecule has 0 saturated heterocycles. The molecule has 0 spiro atoms. The van der Waals surface area contributed by atoms with E-state index in [0.717, 1.165) is 17.1 Å². The zero-order valence-corrected chi connectivity index (χ0v) is 30.2. The Balaban J connectivity index is 1.25. The maximum atomic E-state index is 2.44. The highest BCUT2D eigenvalue weighted by Crippen LogP contribution is 2.47. The van der Waals surface area contributed by atoms with Crippen LogP contribution in [-0.2, 0) is 0 Å². The fourth-order valence-electron chi connectivity index (χ4n) is 8.54. The third kappa shape index (κ3) is 4.92. The van der Waals surface area contributed by atoms with E-state index < -0.39 is 0 Å². The Hall–Kier alpha value is -6.74. The van der Waals surface area contributed by atoms with E-state index in [9.17, 15) is 0 Å². The zero-order chi connectivity index (χ0) is 35.6. The second-order valence-corrected chi connectivity index (χ2v) is 15.2. The third-order valence-electron chi connectivity index (χ3n) is 11.0. The molecule has 0 amide bonds. The number of fused-ring (bicyclic) bond motifs is 6. The van der Waals surface area contributed by atoms with Crippen molar-refractivity contribution in [3.63, 3.8) is 0 Å². The van der Waals surface area contributed by atoms with Gasteiger partial charge in [-0.15, -0.1) is 11.3 Å². The summed E-state index contributed by atoms with van der Waals surface area (Å²) in [5, 5.41) is 10.1. The Morgan fingerprint density at radius 1 is 0.296 bits per heavy atom. The lowest BCUT2D eigenvalue weighted by atomic mass is 9.85. The normalized spacial score (nSPS) is 11.7. The molecule has 11 aromatic rings. The quantitative estimate of drug-likeness (QED) is 0.157. The second-order valence-electron chi connectivity index (χ2n) is 14.1. The molecule has 0 fully saturated rings. The second kappa shape index (κ2) is 12.4. The van der Waals surface area contributed by atoms with Gasteiger partial charge < -0.3 is 4.57 Å². The minimum absolute atomic E-state index is 1.13. The topological polar surface area (TPSA) is 4.93 Å². The molecular weight excluding hydrogens is 671 g/mol. The smallest absolute Gasteiger partial charge is 0.0535 e. The average Bonchev–Trinajstić information content (AvgIpc) is 3.85. The van der Waals surface area contributed by atoms with Gasteiger partial charge in [0.15, 0.2) is 0 Å². The van der Waals surface area contributed by atoms with Crippen molar-refractivity contribution in [1.82, 2.24) is 4.57 Å². The molecule has 0 atom stereocenters. The van der Waals surface area contributed by atoms with Crippen molar-refractivity contribution >= 4 is 63.8 Å². The Labute approximate surface area is 317 Å². The molecular formula is C52H33NS. The number of hydrogen-bond donors (Lipinski definition) is 0. The third-order valence-corrected chi connectivity index (χ3v) is 12.1. The number of nitrogens with zero attached hydrogens (tertiary/aromatic N) is 1. The molecule has 11 rings (SSSR count). The fourth-order valence-corrected chi connectivity index (χ4v) is 9.62. The summed E-state index contributed by atoms with van der Waals surface area (Å²) < 4.78 is 5.08. The van der Waals surface area contributed by atoms with Crippen LogP contribution in [0.4, 0.5) is 0 Å². The molecule has 2 heteroatoms. The molecule has 0 aliphatic rings. The lowest BCUT2D eigenvalue weighted by molar-refractivity contribution is 1.10. The van der Waals surface area contributed by atoms with Crippen LogP contribution in [0.2, 0.25) is 0 Å². The Kier molecular flexibility index (Phi) is 7.11. The summed E-state index contributed by atoms with van der Waals surface area (Å²) in [7, 11) is 0. The number of hydrogen-bond acceptors (Lipinski definition) is 1. The average molecular weight is 704 g/mol. The Morgan fingerprint density at radius 3 is 1.56 bits per heavy atom. The van der Waals surface area contributed by atoms with E-state index in [1.54, 1.807) is 0 Å². The van der Waals surface area contributed by atoms with Gasteiger partial charge in [0.1, 0.15) is 0 Å². The van der Waals surface area contributed by atoms with E-state index in [2.05, 4.69) is 205 Å². The minimum Gasteiger partial charge on any atom is -0.309 e. The van der Waals surface area contributed by atoms with Crippen molar-refractivity contribution in [2.45, 2.75) is 0 Å². The van der Waals surface area contributed by atoms with Gasteiger partial charge in [-0.1, -0.05) is 152 Å². The molecule has 0 saturated carbocycles. The first-order chi connectivity index (χ1) is 26.8. The fraction of sp³-hybridized carbons (Fsp3) is 0. The minimum atomic E-state index is 1.13. The van der Waals surface area contributed by atoms with Gasteiger partial charge in [-0.25, -0.2) is 0 Å². The first-order valence-electron chi connectivity index (χ1n) is 18.5. The van der Waals surface area contributed by atoms with Gasteiger partial charge in [0, 0.05) is 25.9 Å². The predicted molar refractivity (Wildman–Crippen MR) is 233 cm³/mol. The van der Waals surface area contributed by atoms with Crippen molar-refractivity contribution in [3.05, 3.63) is 200 Å². The molecule has 1 nitrogen and oxygen atoms in total. The monoisotopic (exact) mass is 703 g/mol. The largest absolute Gasteiger partial charge is 0.309 e. The van der Waals surface area contributed by atoms with Gasteiger partial charge in [-0.2, -0.15) is 0 Å². The first kappa shape index (κ1) is 30.8. The highest BCUT2D eigenvalue weighted by molar-refractivity contribution is 7.25. The Morgan fingerprint density at radius 2 is 0.833 bits per heavy atom. The SMILES string of the molecule is c1ccc(-c2ccc(-c3ccccc3)n2-c2ccc3c(-c4ccc5sc6ccccc6c5c4)c4ccccc4c(-c4ccc5ccccc5c4)c3c2)cc1. The summed E-state index contributed by atoms with van der Waals surface area (Å²) >= 11 is 1.87. The van der Waals surface area contributed by atoms with E-state index in [1.807, 2.05) is 11.3 Å². The molecule has 0 N–H and O–H groups in total. The van der Waals surface area contributed by atoms with Crippen LogP contribution >= 0.6 is 11.3 Å².